The minimum Gasteiger partial charge on any atom is -0.394 e. The molecular weight excluding hydrogens is 222 g/mol. The van der Waals surface area contributed by atoms with E-state index in [1.54, 1.807) is 11.3 Å². The highest BCUT2D eigenvalue weighted by Gasteiger charge is 2.21. The van der Waals surface area contributed by atoms with E-state index in [9.17, 15) is 0 Å². The van der Waals surface area contributed by atoms with Gasteiger partial charge in [0.1, 0.15) is 5.01 Å². The van der Waals surface area contributed by atoms with Crippen molar-refractivity contribution in [2.45, 2.75) is 24.8 Å². The van der Waals surface area contributed by atoms with Crippen molar-refractivity contribution in [2.24, 2.45) is 5.73 Å². The molecule has 4 nitrogen and oxygen atoms in total. The Morgan fingerprint density at radius 2 is 2.31 bits per heavy atom. The summed E-state index contributed by atoms with van der Waals surface area (Å²) >= 11 is 1.57. The number of aliphatic hydroxyl groups is 1. The number of aliphatic hydroxyl groups excluding tert-OH is 1. The van der Waals surface area contributed by atoms with E-state index >= 15 is 0 Å². The molecule has 1 atom stereocenters. The second-order valence-electron chi connectivity index (χ2n) is 4.48. The molecule has 0 spiro atoms. The first-order valence-corrected chi connectivity index (χ1v) is 6.59. The number of hydrogen-bond acceptors (Lipinski definition) is 5. The van der Waals surface area contributed by atoms with Gasteiger partial charge in [0.05, 0.1) is 18.3 Å². The van der Waals surface area contributed by atoms with Crippen LogP contribution in [0.1, 0.15) is 35.5 Å². The number of nitrogens with two attached hydrogens (primary N) is 1. The van der Waals surface area contributed by atoms with E-state index in [4.69, 9.17) is 10.8 Å². The van der Waals surface area contributed by atoms with Crippen LogP contribution in [0, 0.1) is 0 Å². The summed E-state index contributed by atoms with van der Waals surface area (Å²) in [5.74, 6) is 0.576. The average molecular weight is 241 g/mol. The van der Waals surface area contributed by atoms with Crippen LogP contribution in [-0.2, 0) is 0 Å². The Labute approximate surface area is 100 Å². The summed E-state index contributed by atoms with van der Waals surface area (Å²) in [6, 6.07) is -0.315. The van der Waals surface area contributed by atoms with Crippen molar-refractivity contribution in [1.82, 2.24) is 9.88 Å². The number of aromatic nitrogens is 1. The topological polar surface area (TPSA) is 62.4 Å². The smallest absolute Gasteiger partial charge is 0.112 e. The molecule has 2 rings (SSSR count). The van der Waals surface area contributed by atoms with Gasteiger partial charge < -0.3 is 15.7 Å². The Morgan fingerprint density at radius 3 is 2.94 bits per heavy atom. The Balaban J connectivity index is 2.01. The molecule has 0 bridgehead atoms. The number of rotatable bonds is 3. The molecule has 1 aliphatic rings. The fourth-order valence-corrected chi connectivity index (χ4v) is 2.94. The predicted octanol–water partition coefficient (Wildman–Crippen LogP) is 0.944. The summed E-state index contributed by atoms with van der Waals surface area (Å²) in [5, 5.41) is 11.9. The van der Waals surface area contributed by atoms with Gasteiger partial charge in [-0.15, -0.1) is 11.3 Å². The Bertz CT molecular complexity index is 334. The molecule has 0 radical (unpaired) electrons. The third-order valence-corrected chi connectivity index (χ3v) is 4.19. The van der Waals surface area contributed by atoms with Crippen LogP contribution in [0.2, 0.25) is 0 Å². The van der Waals surface area contributed by atoms with Crippen LogP contribution < -0.4 is 5.73 Å². The van der Waals surface area contributed by atoms with E-state index in [2.05, 4.69) is 22.3 Å². The van der Waals surface area contributed by atoms with Crippen LogP contribution in [0.5, 0.6) is 0 Å². The molecular formula is C11H19N3OS. The third kappa shape index (κ3) is 2.60. The maximum absolute atomic E-state index is 8.98. The van der Waals surface area contributed by atoms with E-state index < -0.39 is 0 Å². The predicted molar refractivity (Wildman–Crippen MR) is 65.6 cm³/mol. The van der Waals surface area contributed by atoms with Crippen LogP contribution >= 0.6 is 11.3 Å². The maximum atomic E-state index is 8.98. The number of thiazole rings is 1. The molecule has 1 fully saturated rings. The molecule has 0 aliphatic carbocycles. The van der Waals surface area contributed by atoms with Crippen LogP contribution in [0.25, 0.3) is 0 Å². The molecule has 0 saturated carbocycles. The first-order chi connectivity index (χ1) is 7.70. The summed E-state index contributed by atoms with van der Waals surface area (Å²) in [7, 11) is 2.16. The van der Waals surface area contributed by atoms with Gasteiger partial charge in [-0.3, -0.25) is 0 Å². The lowest BCUT2D eigenvalue weighted by Gasteiger charge is -2.27. The molecule has 5 heteroatoms. The fourth-order valence-electron chi connectivity index (χ4n) is 2.04. The SMILES string of the molecule is CN1CCC(c2csc(C(N)CO)n2)CC1. The third-order valence-electron chi connectivity index (χ3n) is 3.19. The highest BCUT2D eigenvalue weighted by atomic mass is 32.1. The molecule has 1 unspecified atom stereocenters. The number of hydrogen-bond donors (Lipinski definition) is 2. The Hall–Kier alpha value is -0.490. The van der Waals surface area contributed by atoms with Crippen LogP contribution in [0.4, 0.5) is 0 Å². The molecule has 0 amide bonds. The van der Waals surface area contributed by atoms with Gasteiger partial charge in [0.25, 0.3) is 0 Å². The number of piperidine rings is 1. The number of likely N-dealkylation sites (tertiary alicyclic amines) is 1. The molecule has 90 valence electrons. The minimum atomic E-state index is -0.315. The van der Waals surface area contributed by atoms with Gasteiger partial charge in [-0.1, -0.05) is 0 Å². The van der Waals surface area contributed by atoms with Gasteiger partial charge in [-0.25, -0.2) is 4.98 Å². The van der Waals surface area contributed by atoms with E-state index in [0.717, 1.165) is 23.8 Å². The van der Waals surface area contributed by atoms with E-state index in [-0.39, 0.29) is 12.6 Å². The molecule has 2 heterocycles. The summed E-state index contributed by atoms with van der Waals surface area (Å²) in [6.45, 7) is 2.26. The van der Waals surface area contributed by atoms with Crippen molar-refractivity contribution in [3.8, 4) is 0 Å². The zero-order chi connectivity index (χ0) is 11.5. The molecule has 0 aromatic carbocycles. The Kier molecular flexibility index (Phi) is 3.91. The van der Waals surface area contributed by atoms with E-state index in [0.29, 0.717) is 5.92 Å². The van der Waals surface area contributed by atoms with Crippen molar-refractivity contribution in [2.75, 3.05) is 26.7 Å². The maximum Gasteiger partial charge on any atom is 0.112 e. The largest absolute Gasteiger partial charge is 0.394 e. The van der Waals surface area contributed by atoms with E-state index in [1.165, 1.54) is 12.8 Å². The van der Waals surface area contributed by atoms with Crippen molar-refractivity contribution in [3.05, 3.63) is 16.1 Å². The molecule has 16 heavy (non-hydrogen) atoms. The summed E-state index contributed by atoms with van der Waals surface area (Å²) < 4.78 is 0. The highest BCUT2D eigenvalue weighted by Crippen LogP contribution is 2.29. The van der Waals surface area contributed by atoms with Gasteiger partial charge in [-0.05, 0) is 33.0 Å². The second kappa shape index (κ2) is 5.23. The monoisotopic (exact) mass is 241 g/mol. The van der Waals surface area contributed by atoms with Gasteiger partial charge in [0.2, 0.25) is 0 Å². The molecule has 1 aliphatic heterocycles. The lowest BCUT2D eigenvalue weighted by atomic mass is 9.94. The first kappa shape index (κ1) is 12.0. The molecule has 1 aromatic heterocycles. The van der Waals surface area contributed by atoms with Gasteiger partial charge in [0.15, 0.2) is 0 Å². The minimum absolute atomic E-state index is 0.0274. The van der Waals surface area contributed by atoms with E-state index in [1.807, 2.05) is 0 Å². The molecule has 3 N–H and O–H groups in total. The lowest BCUT2D eigenvalue weighted by Crippen LogP contribution is -2.29. The Morgan fingerprint density at radius 1 is 1.62 bits per heavy atom. The van der Waals surface area contributed by atoms with Crippen LogP contribution in [0.3, 0.4) is 0 Å². The first-order valence-electron chi connectivity index (χ1n) is 5.71. The molecule has 1 aromatic rings. The van der Waals surface area contributed by atoms with Crippen LogP contribution in [-0.4, -0.2) is 41.7 Å². The summed E-state index contributed by atoms with van der Waals surface area (Å²) in [6.07, 6.45) is 2.35. The normalized spacial score (nSPS) is 21.2. The zero-order valence-electron chi connectivity index (χ0n) is 9.59. The molecule has 1 saturated heterocycles. The fraction of sp³-hybridized carbons (Fsp3) is 0.727. The van der Waals surface area contributed by atoms with Gasteiger partial charge in [-0.2, -0.15) is 0 Å². The van der Waals surface area contributed by atoms with Crippen molar-refractivity contribution in [1.29, 1.82) is 0 Å². The quantitative estimate of drug-likeness (QED) is 0.827. The zero-order valence-corrected chi connectivity index (χ0v) is 10.4. The second-order valence-corrected chi connectivity index (χ2v) is 5.37. The van der Waals surface area contributed by atoms with Crippen molar-refractivity contribution < 1.29 is 5.11 Å². The van der Waals surface area contributed by atoms with Crippen molar-refractivity contribution in [3.63, 3.8) is 0 Å². The van der Waals surface area contributed by atoms with Crippen molar-refractivity contribution >= 4 is 11.3 Å². The number of nitrogens with zero attached hydrogens (tertiary/aromatic N) is 2. The van der Waals surface area contributed by atoms with Gasteiger partial charge >= 0.3 is 0 Å². The van der Waals surface area contributed by atoms with Crippen LogP contribution in [0.15, 0.2) is 5.38 Å². The summed E-state index contributed by atoms with van der Waals surface area (Å²) in [4.78, 5) is 6.90. The highest BCUT2D eigenvalue weighted by molar-refractivity contribution is 7.09. The van der Waals surface area contributed by atoms with Gasteiger partial charge in [0, 0.05) is 11.3 Å². The summed E-state index contributed by atoms with van der Waals surface area (Å²) in [5.41, 5.74) is 6.91. The average Bonchev–Trinajstić information content (AvgIpc) is 2.78. The lowest BCUT2D eigenvalue weighted by molar-refractivity contribution is 0.252. The standard InChI is InChI=1S/C11H19N3OS/c1-14-4-2-8(3-5-14)10-7-16-11(13-10)9(12)6-15/h7-9,15H,2-6,12H2,1H3.